The van der Waals surface area contributed by atoms with Gasteiger partial charge in [0.15, 0.2) is 5.96 Å². The second-order valence-corrected chi connectivity index (χ2v) is 7.27. The predicted molar refractivity (Wildman–Crippen MR) is 104 cm³/mol. The van der Waals surface area contributed by atoms with Crippen molar-refractivity contribution in [3.05, 3.63) is 0 Å². The number of nitrogens with zero attached hydrogens (tertiary/aromatic N) is 3. The monoisotopic (exact) mass is 337 g/mol. The molecule has 0 radical (unpaired) electrons. The molecular weight excluding hydrogens is 298 g/mol. The van der Waals surface area contributed by atoms with Gasteiger partial charge >= 0.3 is 0 Å². The average Bonchev–Trinajstić information content (AvgIpc) is 3.09. The van der Waals surface area contributed by atoms with Crippen LogP contribution in [-0.2, 0) is 0 Å². The topological polar surface area (TPSA) is 42.9 Å². The summed E-state index contributed by atoms with van der Waals surface area (Å²) in [4.78, 5) is 9.57. The number of piperidine rings is 1. The maximum atomic E-state index is 4.36. The quantitative estimate of drug-likeness (QED) is 0.385. The van der Waals surface area contributed by atoms with Crippen molar-refractivity contribution in [3.63, 3.8) is 0 Å². The second-order valence-electron chi connectivity index (χ2n) is 7.27. The van der Waals surface area contributed by atoms with Gasteiger partial charge in [-0.25, -0.2) is 0 Å². The molecule has 1 atom stereocenters. The number of guanidine groups is 1. The van der Waals surface area contributed by atoms with Gasteiger partial charge in [0.25, 0.3) is 0 Å². The number of rotatable bonds is 9. The van der Waals surface area contributed by atoms with E-state index in [0.717, 1.165) is 25.6 Å². The van der Waals surface area contributed by atoms with Crippen LogP contribution in [0.3, 0.4) is 0 Å². The number of aliphatic imine (C=N–C) groups is 1. The molecule has 0 aromatic rings. The molecule has 5 nitrogen and oxygen atoms in total. The summed E-state index contributed by atoms with van der Waals surface area (Å²) in [7, 11) is 1.87. The molecule has 140 valence electrons. The lowest BCUT2D eigenvalue weighted by Gasteiger charge is -2.26. The average molecular weight is 338 g/mol. The molecule has 2 aliphatic rings. The van der Waals surface area contributed by atoms with Crippen molar-refractivity contribution in [1.82, 2.24) is 20.4 Å². The SMILES string of the molecule is CCN1CCCC1CNC(=NC)NCCCCCN1CCCCC1. The van der Waals surface area contributed by atoms with E-state index in [1.165, 1.54) is 77.5 Å². The Hall–Kier alpha value is -0.810. The maximum absolute atomic E-state index is 4.36. The zero-order valence-electron chi connectivity index (χ0n) is 16.0. The normalized spacial score (nSPS) is 23.6. The van der Waals surface area contributed by atoms with Crippen LogP contribution in [0.5, 0.6) is 0 Å². The van der Waals surface area contributed by atoms with Gasteiger partial charge in [-0.2, -0.15) is 0 Å². The van der Waals surface area contributed by atoms with E-state index in [2.05, 4.69) is 32.3 Å². The Morgan fingerprint density at radius 1 is 1.00 bits per heavy atom. The molecule has 0 spiro atoms. The van der Waals surface area contributed by atoms with Crippen LogP contribution in [0.1, 0.15) is 58.3 Å². The second kappa shape index (κ2) is 11.7. The highest BCUT2D eigenvalue weighted by Crippen LogP contribution is 2.15. The van der Waals surface area contributed by atoms with E-state index in [4.69, 9.17) is 0 Å². The minimum absolute atomic E-state index is 0.679. The Bertz CT molecular complexity index is 352. The van der Waals surface area contributed by atoms with Crippen molar-refractivity contribution in [1.29, 1.82) is 0 Å². The fourth-order valence-corrected chi connectivity index (χ4v) is 4.00. The van der Waals surface area contributed by atoms with E-state index in [0.29, 0.717) is 6.04 Å². The Morgan fingerprint density at radius 2 is 1.83 bits per heavy atom. The summed E-state index contributed by atoms with van der Waals surface area (Å²) in [6.07, 6.45) is 10.8. The first kappa shape index (κ1) is 19.5. The molecule has 24 heavy (non-hydrogen) atoms. The van der Waals surface area contributed by atoms with Gasteiger partial charge in [-0.1, -0.05) is 19.8 Å². The fourth-order valence-electron chi connectivity index (χ4n) is 4.00. The van der Waals surface area contributed by atoms with Crippen LogP contribution >= 0.6 is 0 Å². The van der Waals surface area contributed by atoms with E-state index >= 15 is 0 Å². The number of hydrogen-bond donors (Lipinski definition) is 2. The number of hydrogen-bond acceptors (Lipinski definition) is 3. The summed E-state index contributed by atoms with van der Waals surface area (Å²) in [5.74, 6) is 0.967. The third-order valence-electron chi connectivity index (χ3n) is 5.53. The van der Waals surface area contributed by atoms with Crippen molar-refractivity contribution >= 4 is 5.96 Å². The third kappa shape index (κ3) is 6.98. The number of unbranched alkanes of at least 4 members (excludes halogenated alkanes) is 2. The minimum atomic E-state index is 0.679. The molecule has 2 saturated heterocycles. The van der Waals surface area contributed by atoms with Crippen LogP contribution in [0.15, 0.2) is 4.99 Å². The van der Waals surface area contributed by atoms with Gasteiger partial charge in [-0.15, -0.1) is 0 Å². The standard InChI is InChI=1S/C19H39N5/c1-3-24-16-10-11-18(24)17-22-19(20-2)21-12-6-4-7-13-23-14-8-5-9-15-23/h18H,3-17H2,1-2H3,(H2,20,21,22). The molecule has 1 unspecified atom stereocenters. The first-order valence-corrected chi connectivity index (χ1v) is 10.2. The molecule has 0 bridgehead atoms. The molecule has 2 fully saturated rings. The van der Waals surface area contributed by atoms with Crippen LogP contribution in [0.25, 0.3) is 0 Å². The molecule has 5 heteroatoms. The Labute approximate surface area is 149 Å². The van der Waals surface area contributed by atoms with Crippen molar-refractivity contribution in [2.75, 3.05) is 52.9 Å². The van der Waals surface area contributed by atoms with Crippen LogP contribution in [0.4, 0.5) is 0 Å². The Balaban J connectivity index is 1.49. The summed E-state index contributed by atoms with van der Waals surface area (Å²) >= 11 is 0. The summed E-state index contributed by atoms with van der Waals surface area (Å²) in [6, 6.07) is 0.679. The molecular formula is C19H39N5. The highest BCUT2D eigenvalue weighted by molar-refractivity contribution is 5.79. The Morgan fingerprint density at radius 3 is 2.58 bits per heavy atom. The van der Waals surface area contributed by atoms with Crippen LogP contribution < -0.4 is 10.6 Å². The molecule has 0 aromatic carbocycles. The Kier molecular flexibility index (Phi) is 9.51. The summed E-state index contributed by atoms with van der Waals surface area (Å²) < 4.78 is 0. The van der Waals surface area contributed by atoms with E-state index in [-0.39, 0.29) is 0 Å². The lowest BCUT2D eigenvalue weighted by molar-refractivity contribution is 0.224. The van der Waals surface area contributed by atoms with Gasteiger partial charge in [-0.3, -0.25) is 9.89 Å². The smallest absolute Gasteiger partial charge is 0.191 e. The van der Waals surface area contributed by atoms with Crippen molar-refractivity contribution in [3.8, 4) is 0 Å². The molecule has 0 saturated carbocycles. The van der Waals surface area contributed by atoms with Crippen molar-refractivity contribution in [2.24, 2.45) is 4.99 Å². The molecule has 2 aliphatic heterocycles. The van der Waals surface area contributed by atoms with Gasteiger partial charge in [0.1, 0.15) is 0 Å². The molecule has 0 amide bonds. The minimum Gasteiger partial charge on any atom is -0.356 e. The van der Waals surface area contributed by atoms with Gasteiger partial charge < -0.3 is 15.5 Å². The van der Waals surface area contributed by atoms with E-state index in [1.54, 1.807) is 0 Å². The van der Waals surface area contributed by atoms with E-state index in [9.17, 15) is 0 Å². The number of nitrogens with one attached hydrogen (secondary N) is 2. The van der Waals surface area contributed by atoms with Crippen LogP contribution in [0.2, 0.25) is 0 Å². The molecule has 0 aliphatic carbocycles. The first-order valence-electron chi connectivity index (χ1n) is 10.2. The van der Waals surface area contributed by atoms with Gasteiger partial charge in [0.2, 0.25) is 0 Å². The molecule has 0 aromatic heterocycles. The lowest BCUT2D eigenvalue weighted by Crippen LogP contribution is -2.45. The van der Waals surface area contributed by atoms with E-state index in [1.807, 2.05) is 7.05 Å². The zero-order valence-corrected chi connectivity index (χ0v) is 16.0. The predicted octanol–water partition coefficient (Wildman–Crippen LogP) is 2.29. The summed E-state index contributed by atoms with van der Waals surface area (Å²) in [5, 5.41) is 6.98. The van der Waals surface area contributed by atoms with Crippen LogP contribution in [-0.4, -0.2) is 74.7 Å². The first-order chi connectivity index (χ1) is 11.8. The van der Waals surface area contributed by atoms with Gasteiger partial charge in [0.05, 0.1) is 0 Å². The molecule has 2 rings (SSSR count). The maximum Gasteiger partial charge on any atom is 0.191 e. The fraction of sp³-hybridized carbons (Fsp3) is 0.947. The number of likely N-dealkylation sites (tertiary alicyclic amines) is 2. The number of likely N-dealkylation sites (N-methyl/N-ethyl adjacent to an activating group) is 1. The lowest BCUT2D eigenvalue weighted by atomic mass is 10.1. The van der Waals surface area contributed by atoms with Crippen molar-refractivity contribution in [2.45, 2.75) is 64.3 Å². The molecule has 2 N–H and O–H groups in total. The van der Waals surface area contributed by atoms with Crippen LogP contribution in [0, 0.1) is 0 Å². The highest BCUT2D eigenvalue weighted by atomic mass is 15.2. The largest absolute Gasteiger partial charge is 0.356 e. The van der Waals surface area contributed by atoms with Gasteiger partial charge in [0, 0.05) is 26.2 Å². The molecule has 2 heterocycles. The summed E-state index contributed by atoms with van der Waals surface area (Å²) in [5.41, 5.74) is 0. The third-order valence-corrected chi connectivity index (χ3v) is 5.53. The van der Waals surface area contributed by atoms with Gasteiger partial charge in [-0.05, 0) is 71.2 Å². The highest BCUT2D eigenvalue weighted by Gasteiger charge is 2.22. The zero-order chi connectivity index (χ0) is 17.0. The summed E-state index contributed by atoms with van der Waals surface area (Å²) in [6.45, 7) is 10.7. The van der Waals surface area contributed by atoms with E-state index < -0.39 is 0 Å². The van der Waals surface area contributed by atoms with Crippen molar-refractivity contribution < 1.29 is 0 Å².